The van der Waals surface area contributed by atoms with Crippen molar-refractivity contribution in [1.29, 1.82) is 0 Å². The van der Waals surface area contributed by atoms with Crippen LogP contribution in [-0.2, 0) is 4.79 Å². The summed E-state index contributed by atoms with van der Waals surface area (Å²) in [6.45, 7) is 0.281. The van der Waals surface area contributed by atoms with Gasteiger partial charge in [0.15, 0.2) is 0 Å². The quantitative estimate of drug-likeness (QED) is 0.603. The fraction of sp³-hybridized carbons (Fsp3) is 0.115. The molecule has 142 valence electrons. The number of para-hydroxylation sites is 3. The molecule has 3 nitrogen and oxygen atoms in total. The number of hydrogen-bond donors (Lipinski definition) is 0. The number of amides is 1. The number of carbonyl (C=O) groups excluding carboxylic acids is 1. The molecular formula is C26H22N2O. The van der Waals surface area contributed by atoms with E-state index in [-0.39, 0.29) is 24.4 Å². The van der Waals surface area contributed by atoms with Gasteiger partial charge in [-0.2, -0.15) is 0 Å². The summed E-state index contributed by atoms with van der Waals surface area (Å²) in [6, 6.07) is 28.5. The van der Waals surface area contributed by atoms with E-state index >= 15 is 0 Å². The molecule has 0 radical (unpaired) electrons. The Bertz CT molecular complexity index is 1030. The van der Waals surface area contributed by atoms with Crippen LogP contribution >= 0.6 is 0 Å². The van der Waals surface area contributed by atoms with Gasteiger partial charge in [-0.05, 0) is 35.9 Å². The smallest absolute Gasteiger partial charge is 0.247 e. The van der Waals surface area contributed by atoms with Crippen LogP contribution < -0.4 is 9.80 Å². The van der Waals surface area contributed by atoms with Crippen molar-refractivity contribution in [3.8, 4) is 0 Å². The minimum atomic E-state index is 0.0401. The Hall–Kier alpha value is -3.59. The molecule has 1 aliphatic heterocycles. The highest BCUT2D eigenvalue weighted by molar-refractivity contribution is 6.01. The van der Waals surface area contributed by atoms with Gasteiger partial charge in [-0.1, -0.05) is 78.9 Å². The number of nitrogens with zero attached hydrogens (tertiary/aromatic N) is 2. The van der Waals surface area contributed by atoms with Crippen molar-refractivity contribution in [2.75, 3.05) is 16.3 Å². The second-order valence-electron chi connectivity index (χ2n) is 7.37. The van der Waals surface area contributed by atoms with Crippen molar-refractivity contribution >= 4 is 23.0 Å². The molecule has 0 bridgehead atoms. The maximum absolute atomic E-state index is 13.6. The van der Waals surface area contributed by atoms with Gasteiger partial charge in [-0.3, -0.25) is 4.79 Å². The Kier molecular flexibility index (Phi) is 4.49. The average Bonchev–Trinajstić information content (AvgIpc) is 3.13. The lowest BCUT2D eigenvalue weighted by Gasteiger charge is -2.31. The van der Waals surface area contributed by atoms with Gasteiger partial charge in [-0.25, -0.2) is 0 Å². The molecule has 3 aromatic carbocycles. The number of carbonyl (C=O) groups is 1. The first-order valence-electron chi connectivity index (χ1n) is 9.96. The highest BCUT2D eigenvalue weighted by Gasteiger charge is 2.39. The average molecular weight is 378 g/mol. The minimum absolute atomic E-state index is 0.0401. The Labute approximate surface area is 171 Å². The Balaban J connectivity index is 1.51. The number of rotatable bonds is 4. The van der Waals surface area contributed by atoms with Crippen molar-refractivity contribution in [3.63, 3.8) is 0 Å². The second kappa shape index (κ2) is 7.44. The number of allylic oxidation sites excluding steroid dienone is 2. The van der Waals surface area contributed by atoms with Crippen molar-refractivity contribution in [1.82, 2.24) is 0 Å². The minimum Gasteiger partial charge on any atom is -0.332 e. The van der Waals surface area contributed by atoms with E-state index in [1.165, 1.54) is 5.56 Å². The molecule has 0 spiro atoms. The van der Waals surface area contributed by atoms with Crippen molar-refractivity contribution in [3.05, 3.63) is 115 Å². The first kappa shape index (κ1) is 17.5. The Morgan fingerprint density at radius 3 is 2.03 bits per heavy atom. The van der Waals surface area contributed by atoms with E-state index in [1.54, 1.807) is 0 Å². The molecular weight excluding hydrogens is 356 g/mol. The molecule has 2 atom stereocenters. The van der Waals surface area contributed by atoms with Crippen LogP contribution in [0.4, 0.5) is 17.1 Å². The van der Waals surface area contributed by atoms with Gasteiger partial charge >= 0.3 is 0 Å². The molecule has 0 saturated heterocycles. The van der Waals surface area contributed by atoms with Gasteiger partial charge in [0.1, 0.15) is 6.54 Å². The fourth-order valence-electron chi connectivity index (χ4n) is 4.34. The van der Waals surface area contributed by atoms with Gasteiger partial charge in [0.25, 0.3) is 0 Å². The summed E-state index contributed by atoms with van der Waals surface area (Å²) in [5.41, 5.74) is 4.26. The van der Waals surface area contributed by atoms with Crippen LogP contribution in [0.5, 0.6) is 0 Å². The lowest BCUT2D eigenvalue weighted by molar-refractivity contribution is -0.117. The molecule has 29 heavy (non-hydrogen) atoms. The monoisotopic (exact) mass is 378 g/mol. The van der Waals surface area contributed by atoms with Gasteiger partial charge in [-0.15, -0.1) is 0 Å². The molecule has 1 amide bonds. The molecule has 0 aromatic heterocycles. The molecule has 0 unspecified atom stereocenters. The van der Waals surface area contributed by atoms with Crippen molar-refractivity contribution in [2.45, 2.75) is 12.0 Å². The predicted molar refractivity (Wildman–Crippen MR) is 119 cm³/mol. The van der Waals surface area contributed by atoms with E-state index in [0.717, 1.165) is 17.1 Å². The Morgan fingerprint density at radius 2 is 1.34 bits per heavy atom. The van der Waals surface area contributed by atoms with Crippen LogP contribution in [0.1, 0.15) is 11.5 Å². The van der Waals surface area contributed by atoms with Crippen LogP contribution in [0.15, 0.2) is 109 Å². The molecule has 0 N–H and O–H groups in total. The van der Waals surface area contributed by atoms with Crippen LogP contribution in [0.2, 0.25) is 0 Å². The van der Waals surface area contributed by atoms with E-state index in [9.17, 15) is 4.79 Å². The van der Waals surface area contributed by atoms with Crippen LogP contribution in [0, 0.1) is 0 Å². The summed E-state index contributed by atoms with van der Waals surface area (Å²) >= 11 is 0. The zero-order chi connectivity index (χ0) is 19.6. The van der Waals surface area contributed by atoms with Gasteiger partial charge in [0.2, 0.25) is 5.91 Å². The van der Waals surface area contributed by atoms with Gasteiger partial charge < -0.3 is 9.80 Å². The number of benzene rings is 3. The summed E-state index contributed by atoms with van der Waals surface area (Å²) in [7, 11) is 0. The summed E-state index contributed by atoms with van der Waals surface area (Å²) in [5, 5.41) is 0. The van der Waals surface area contributed by atoms with E-state index in [2.05, 4.69) is 41.3 Å². The second-order valence-corrected chi connectivity index (χ2v) is 7.37. The SMILES string of the molecule is O=C(CN(c1ccccc1)c1ccccc1)N1c2ccccc2[C@H]2C=CC=C[C@@H]21. The van der Waals surface area contributed by atoms with Gasteiger partial charge in [0, 0.05) is 23.0 Å². The lowest BCUT2D eigenvalue weighted by Crippen LogP contribution is -2.43. The normalized spacial score (nSPS) is 19.0. The first-order valence-corrected chi connectivity index (χ1v) is 9.96. The van der Waals surface area contributed by atoms with Crippen LogP contribution in [-0.4, -0.2) is 18.5 Å². The third kappa shape index (κ3) is 3.15. The highest BCUT2D eigenvalue weighted by Crippen LogP contribution is 2.43. The molecule has 0 saturated carbocycles. The van der Waals surface area contributed by atoms with E-state index in [4.69, 9.17) is 0 Å². The van der Waals surface area contributed by atoms with E-state index in [1.807, 2.05) is 77.7 Å². The number of hydrogen-bond acceptors (Lipinski definition) is 2. The lowest BCUT2D eigenvalue weighted by atomic mass is 9.91. The molecule has 3 heteroatoms. The number of fused-ring (bicyclic) bond motifs is 3. The molecule has 3 aromatic rings. The third-order valence-electron chi connectivity index (χ3n) is 5.66. The van der Waals surface area contributed by atoms with Crippen molar-refractivity contribution < 1.29 is 4.79 Å². The van der Waals surface area contributed by atoms with Crippen molar-refractivity contribution in [2.24, 2.45) is 0 Å². The molecule has 2 aliphatic rings. The molecule has 1 aliphatic carbocycles. The van der Waals surface area contributed by atoms with E-state index in [0.29, 0.717) is 0 Å². The topological polar surface area (TPSA) is 23.6 Å². The molecule has 0 fully saturated rings. The summed E-state index contributed by atoms with van der Waals surface area (Å²) < 4.78 is 0. The molecule has 5 rings (SSSR count). The maximum atomic E-state index is 13.6. The predicted octanol–water partition coefficient (Wildman–Crippen LogP) is 5.45. The summed E-state index contributed by atoms with van der Waals surface area (Å²) in [5.74, 6) is 0.319. The number of anilines is 3. The third-order valence-corrected chi connectivity index (χ3v) is 5.66. The van der Waals surface area contributed by atoms with Crippen LogP contribution in [0.3, 0.4) is 0 Å². The van der Waals surface area contributed by atoms with Crippen LogP contribution in [0.25, 0.3) is 0 Å². The maximum Gasteiger partial charge on any atom is 0.247 e. The summed E-state index contributed by atoms with van der Waals surface area (Å²) in [6.07, 6.45) is 8.45. The zero-order valence-corrected chi connectivity index (χ0v) is 16.1. The van der Waals surface area contributed by atoms with Gasteiger partial charge in [0.05, 0.1) is 6.04 Å². The summed E-state index contributed by atoms with van der Waals surface area (Å²) in [4.78, 5) is 17.7. The van der Waals surface area contributed by atoms with E-state index < -0.39 is 0 Å². The Morgan fingerprint density at radius 1 is 0.759 bits per heavy atom. The fourth-order valence-corrected chi connectivity index (χ4v) is 4.34. The largest absolute Gasteiger partial charge is 0.332 e. The zero-order valence-electron chi connectivity index (χ0n) is 16.1. The molecule has 1 heterocycles. The first-order chi connectivity index (χ1) is 14.3. The highest BCUT2D eigenvalue weighted by atomic mass is 16.2. The standard InChI is InChI=1S/C26H22N2O/c29-26(19-27(20-11-3-1-4-12-20)21-13-5-2-6-14-21)28-24-17-9-7-15-22(24)23-16-8-10-18-25(23)28/h1-18,22,24H,19H2/t22-,24+/m1/s1.